The fourth-order valence-corrected chi connectivity index (χ4v) is 3.11. The maximum atomic E-state index is 12.6. The Morgan fingerprint density at radius 2 is 1.92 bits per heavy atom. The molecule has 134 valence electrons. The molecule has 0 saturated carbocycles. The summed E-state index contributed by atoms with van der Waals surface area (Å²) in [5.41, 5.74) is 4.74. The van der Waals surface area contributed by atoms with Gasteiger partial charge in [-0.1, -0.05) is 23.2 Å². The predicted octanol–water partition coefficient (Wildman–Crippen LogP) is 4.41. The lowest BCUT2D eigenvalue weighted by molar-refractivity contribution is -0.115. The Hall–Kier alpha value is -2.79. The van der Waals surface area contributed by atoms with Crippen LogP contribution in [0.1, 0.15) is 27.2 Å². The summed E-state index contributed by atoms with van der Waals surface area (Å²) >= 11 is 6.14. The van der Waals surface area contributed by atoms with Gasteiger partial charge in [0.05, 0.1) is 29.8 Å². The Morgan fingerprint density at radius 3 is 2.65 bits per heavy atom. The van der Waals surface area contributed by atoms with Gasteiger partial charge in [0, 0.05) is 16.6 Å². The van der Waals surface area contributed by atoms with Crippen molar-refractivity contribution in [2.24, 2.45) is 0 Å². The molecule has 3 aromatic rings. The number of anilines is 1. The summed E-state index contributed by atoms with van der Waals surface area (Å²) in [5, 5.41) is 4.17. The van der Waals surface area contributed by atoms with Crippen molar-refractivity contribution in [1.82, 2.24) is 4.98 Å². The fraction of sp³-hybridized carbons (Fsp3) is 0.200. The van der Waals surface area contributed by atoms with E-state index in [2.05, 4.69) is 16.4 Å². The molecule has 0 saturated heterocycles. The standard InChI is InChI=1S/C20H19ClN2O3/c1-11-4-7-17-15(8-11)14(12(2)22-17)10-19(24)23-18-9-13(20(25)26-3)5-6-16(18)21/h4-9,22H,10H2,1-3H3,(H,23,24). The Kier molecular flexibility index (Phi) is 5.00. The Bertz CT molecular complexity index is 1010. The summed E-state index contributed by atoms with van der Waals surface area (Å²) in [6.07, 6.45) is 0.202. The molecule has 6 heteroatoms. The minimum absolute atomic E-state index is 0.202. The van der Waals surface area contributed by atoms with E-state index in [9.17, 15) is 9.59 Å². The lowest BCUT2D eigenvalue weighted by Gasteiger charge is -2.09. The average molecular weight is 371 g/mol. The van der Waals surface area contributed by atoms with Gasteiger partial charge in [0.1, 0.15) is 0 Å². The van der Waals surface area contributed by atoms with Crippen LogP contribution in [-0.4, -0.2) is 24.0 Å². The number of rotatable bonds is 4. The van der Waals surface area contributed by atoms with Gasteiger partial charge in [-0.2, -0.15) is 0 Å². The second kappa shape index (κ2) is 7.22. The van der Waals surface area contributed by atoms with Crippen molar-refractivity contribution >= 4 is 40.1 Å². The van der Waals surface area contributed by atoms with E-state index in [0.717, 1.165) is 27.7 Å². The topological polar surface area (TPSA) is 71.2 Å². The fourth-order valence-electron chi connectivity index (χ4n) is 2.94. The number of benzene rings is 2. The lowest BCUT2D eigenvalue weighted by atomic mass is 10.1. The van der Waals surface area contributed by atoms with Crippen LogP contribution in [0, 0.1) is 13.8 Å². The van der Waals surface area contributed by atoms with Crippen molar-refractivity contribution < 1.29 is 14.3 Å². The third-order valence-electron chi connectivity index (χ3n) is 4.27. The molecule has 0 fully saturated rings. The van der Waals surface area contributed by atoms with Crippen LogP contribution in [0.3, 0.4) is 0 Å². The first-order valence-corrected chi connectivity index (χ1v) is 8.52. The smallest absolute Gasteiger partial charge is 0.337 e. The summed E-state index contributed by atoms with van der Waals surface area (Å²) in [4.78, 5) is 27.5. The highest BCUT2D eigenvalue weighted by Gasteiger charge is 2.15. The number of aryl methyl sites for hydroxylation is 2. The third kappa shape index (κ3) is 3.58. The molecule has 0 unspecified atom stereocenters. The number of nitrogens with one attached hydrogen (secondary N) is 2. The van der Waals surface area contributed by atoms with Crippen LogP contribution in [0.2, 0.25) is 5.02 Å². The van der Waals surface area contributed by atoms with E-state index in [1.165, 1.54) is 13.2 Å². The lowest BCUT2D eigenvalue weighted by Crippen LogP contribution is -2.15. The van der Waals surface area contributed by atoms with Gasteiger partial charge in [-0.25, -0.2) is 4.79 Å². The van der Waals surface area contributed by atoms with Crippen molar-refractivity contribution in [3.63, 3.8) is 0 Å². The van der Waals surface area contributed by atoms with Crippen LogP contribution >= 0.6 is 11.6 Å². The van der Waals surface area contributed by atoms with Crippen LogP contribution in [-0.2, 0) is 16.0 Å². The first-order chi connectivity index (χ1) is 12.4. The Labute approximate surface area is 156 Å². The first kappa shape index (κ1) is 18.0. The number of esters is 1. The molecule has 1 heterocycles. The highest BCUT2D eigenvalue weighted by Crippen LogP contribution is 2.26. The number of ether oxygens (including phenoxy) is 1. The molecule has 2 N–H and O–H groups in total. The molecule has 3 rings (SSSR count). The van der Waals surface area contributed by atoms with Crippen LogP contribution in [0.15, 0.2) is 36.4 Å². The minimum atomic E-state index is -0.486. The third-order valence-corrected chi connectivity index (χ3v) is 4.60. The van der Waals surface area contributed by atoms with Gasteiger partial charge in [-0.05, 0) is 49.7 Å². The number of halogens is 1. The SMILES string of the molecule is COC(=O)c1ccc(Cl)c(NC(=O)Cc2c(C)[nH]c3ccc(C)cc23)c1. The summed E-state index contributed by atoms with van der Waals surface area (Å²) in [6, 6.07) is 10.7. The number of aromatic nitrogens is 1. The first-order valence-electron chi connectivity index (χ1n) is 8.14. The number of aromatic amines is 1. The number of methoxy groups -OCH3 is 1. The van der Waals surface area contributed by atoms with Crippen molar-refractivity contribution in [3.05, 3.63) is 63.8 Å². The molecule has 0 aliphatic rings. The molecule has 26 heavy (non-hydrogen) atoms. The second-order valence-electron chi connectivity index (χ2n) is 6.19. The molecule has 0 bridgehead atoms. The quantitative estimate of drug-likeness (QED) is 0.668. The van der Waals surface area contributed by atoms with Crippen molar-refractivity contribution in [2.75, 3.05) is 12.4 Å². The highest BCUT2D eigenvalue weighted by atomic mass is 35.5. The molecule has 1 aromatic heterocycles. The number of carbonyl (C=O) groups excluding carboxylic acids is 2. The minimum Gasteiger partial charge on any atom is -0.465 e. The normalized spacial score (nSPS) is 10.8. The van der Waals surface area contributed by atoms with E-state index in [1.807, 2.05) is 26.0 Å². The molecular weight excluding hydrogens is 352 g/mol. The van der Waals surface area contributed by atoms with Crippen molar-refractivity contribution in [2.45, 2.75) is 20.3 Å². The second-order valence-corrected chi connectivity index (χ2v) is 6.60. The van der Waals surface area contributed by atoms with Crippen LogP contribution in [0.25, 0.3) is 10.9 Å². The van der Waals surface area contributed by atoms with Gasteiger partial charge in [0.2, 0.25) is 5.91 Å². The van der Waals surface area contributed by atoms with Crippen LogP contribution in [0.4, 0.5) is 5.69 Å². The number of carbonyl (C=O) groups is 2. The highest BCUT2D eigenvalue weighted by molar-refractivity contribution is 6.33. The number of amides is 1. The zero-order chi connectivity index (χ0) is 18.8. The van der Waals surface area contributed by atoms with Crippen molar-refractivity contribution in [3.8, 4) is 0 Å². The molecular formula is C20H19ClN2O3. The zero-order valence-corrected chi connectivity index (χ0v) is 15.5. The molecule has 5 nitrogen and oxygen atoms in total. The van der Waals surface area contributed by atoms with Gasteiger partial charge in [-0.15, -0.1) is 0 Å². The maximum absolute atomic E-state index is 12.6. The Morgan fingerprint density at radius 1 is 1.15 bits per heavy atom. The summed E-state index contributed by atoms with van der Waals surface area (Å²) in [7, 11) is 1.30. The van der Waals surface area contributed by atoms with Crippen molar-refractivity contribution in [1.29, 1.82) is 0 Å². The van der Waals surface area contributed by atoms with E-state index in [-0.39, 0.29) is 12.3 Å². The Balaban J connectivity index is 1.85. The van der Waals surface area contributed by atoms with Gasteiger partial charge in [0.25, 0.3) is 0 Å². The van der Waals surface area contributed by atoms with Gasteiger partial charge >= 0.3 is 5.97 Å². The molecule has 1 amide bonds. The van der Waals surface area contributed by atoms with Crippen LogP contribution in [0.5, 0.6) is 0 Å². The molecule has 0 aliphatic heterocycles. The molecule has 2 aromatic carbocycles. The summed E-state index contributed by atoms with van der Waals surface area (Å²) in [6.45, 7) is 3.96. The van der Waals surface area contributed by atoms with E-state index >= 15 is 0 Å². The largest absolute Gasteiger partial charge is 0.465 e. The van der Waals surface area contributed by atoms with E-state index in [4.69, 9.17) is 16.3 Å². The van der Waals surface area contributed by atoms with E-state index in [1.54, 1.807) is 12.1 Å². The molecule has 0 aliphatic carbocycles. The molecule has 0 spiro atoms. The summed E-state index contributed by atoms with van der Waals surface area (Å²) < 4.78 is 4.70. The molecule has 0 radical (unpaired) electrons. The number of H-pyrrole nitrogens is 1. The monoisotopic (exact) mass is 370 g/mol. The number of fused-ring (bicyclic) bond motifs is 1. The maximum Gasteiger partial charge on any atom is 0.337 e. The van der Waals surface area contributed by atoms with Gasteiger partial charge in [0.15, 0.2) is 0 Å². The number of hydrogen-bond donors (Lipinski definition) is 2. The predicted molar refractivity (Wildman–Crippen MR) is 103 cm³/mol. The van der Waals surface area contributed by atoms with Crippen LogP contribution < -0.4 is 5.32 Å². The zero-order valence-electron chi connectivity index (χ0n) is 14.8. The van der Waals surface area contributed by atoms with E-state index < -0.39 is 5.97 Å². The van der Waals surface area contributed by atoms with Gasteiger partial charge in [-0.3, -0.25) is 4.79 Å². The average Bonchev–Trinajstić information content (AvgIpc) is 2.91. The van der Waals surface area contributed by atoms with Gasteiger partial charge < -0.3 is 15.0 Å². The number of hydrogen-bond acceptors (Lipinski definition) is 3. The molecule has 0 atom stereocenters. The van der Waals surface area contributed by atoms with E-state index in [0.29, 0.717) is 16.3 Å². The summed E-state index contributed by atoms with van der Waals surface area (Å²) in [5.74, 6) is -0.695.